The summed E-state index contributed by atoms with van der Waals surface area (Å²) in [5, 5.41) is 10.6. The van der Waals surface area contributed by atoms with Crippen molar-refractivity contribution in [1.82, 2.24) is 19.3 Å². The number of fused-ring (bicyclic) bond motifs is 1. The molecule has 1 aromatic carbocycles. The Morgan fingerprint density at radius 2 is 1.86 bits per heavy atom. The van der Waals surface area contributed by atoms with Crippen LogP contribution in [0.15, 0.2) is 59.9 Å². The lowest BCUT2D eigenvalue weighted by Gasteiger charge is -2.12. The van der Waals surface area contributed by atoms with Crippen molar-refractivity contribution in [3.63, 3.8) is 0 Å². The molecule has 3 aromatic heterocycles. The van der Waals surface area contributed by atoms with E-state index in [4.69, 9.17) is 9.88 Å². The number of aryl methyl sites for hydroxylation is 1. The molecule has 0 radical (unpaired) electrons. The van der Waals surface area contributed by atoms with Crippen LogP contribution in [0.2, 0.25) is 0 Å². The normalized spacial score (nSPS) is 11.8. The lowest BCUT2D eigenvalue weighted by Crippen LogP contribution is -2.12. The molecule has 4 aromatic rings. The second-order valence-corrected chi connectivity index (χ2v) is 8.02. The van der Waals surface area contributed by atoms with E-state index in [-0.39, 0.29) is 4.90 Å². The quantitative estimate of drug-likeness (QED) is 0.555. The van der Waals surface area contributed by atoms with Crippen molar-refractivity contribution >= 4 is 20.9 Å². The van der Waals surface area contributed by atoms with Crippen molar-refractivity contribution in [2.45, 2.75) is 11.4 Å². The average molecular weight is 397 g/mol. The molecule has 0 aliphatic carbocycles. The van der Waals surface area contributed by atoms with Gasteiger partial charge in [0.1, 0.15) is 0 Å². The fourth-order valence-corrected chi connectivity index (χ4v) is 3.74. The van der Waals surface area contributed by atoms with Gasteiger partial charge in [-0.15, -0.1) is 0 Å². The van der Waals surface area contributed by atoms with Crippen LogP contribution < -0.4 is 9.88 Å². The molecule has 2 N–H and O–H groups in total. The van der Waals surface area contributed by atoms with Crippen LogP contribution in [0, 0.1) is 0 Å². The molecular formula is C19H19N5O3S. The standard InChI is InChI=1S/C19H19N5O3S/c1-23-9-8-16(22-23)17-18-14(11-21-19(17)27-2)7-10-24(18)12-13-3-5-15(6-4-13)28(20,25)26/h3-11H,12H2,1-2H3,(H2,20,25,26). The Kier molecular flexibility index (Phi) is 4.40. The molecule has 0 spiro atoms. The van der Waals surface area contributed by atoms with Crippen LogP contribution in [0.5, 0.6) is 5.88 Å². The lowest BCUT2D eigenvalue weighted by atomic mass is 10.1. The molecule has 0 atom stereocenters. The Labute approximate surface area is 162 Å². The average Bonchev–Trinajstić information content (AvgIpc) is 3.27. The SMILES string of the molecule is COc1ncc2ccn(Cc3ccc(S(N)(=O)=O)cc3)c2c1-c1ccn(C)n1. The molecular weight excluding hydrogens is 378 g/mol. The van der Waals surface area contributed by atoms with Crippen LogP contribution in [0.1, 0.15) is 5.56 Å². The first-order chi connectivity index (χ1) is 13.4. The summed E-state index contributed by atoms with van der Waals surface area (Å²) in [6.45, 7) is 0.543. The monoisotopic (exact) mass is 397 g/mol. The number of nitrogens with two attached hydrogens (primary N) is 1. The van der Waals surface area contributed by atoms with E-state index in [0.717, 1.165) is 27.7 Å². The van der Waals surface area contributed by atoms with Gasteiger partial charge in [0.05, 0.1) is 28.8 Å². The van der Waals surface area contributed by atoms with Gasteiger partial charge in [0.2, 0.25) is 15.9 Å². The summed E-state index contributed by atoms with van der Waals surface area (Å²) in [6.07, 6.45) is 5.60. The maximum Gasteiger partial charge on any atom is 0.238 e. The number of benzene rings is 1. The van der Waals surface area contributed by atoms with Crippen molar-refractivity contribution < 1.29 is 13.2 Å². The number of ether oxygens (including phenoxy) is 1. The second kappa shape index (κ2) is 6.77. The minimum absolute atomic E-state index is 0.0913. The van der Waals surface area contributed by atoms with Gasteiger partial charge in [0, 0.05) is 37.6 Å². The molecule has 0 aliphatic heterocycles. The van der Waals surface area contributed by atoms with Crippen LogP contribution in [0.4, 0.5) is 0 Å². The summed E-state index contributed by atoms with van der Waals surface area (Å²) in [5.41, 5.74) is 3.46. The van der Waals surface area contributed by atoms with E-state index < -0.39 is 10.0 Å². The largest absolute Gasteiger partial charge is 0.480 e. The molecule has 0 unspecified atom stereocenters. The van der Waals surface area contributed by atoms with Crippen LogP contribution in [0.3, 0.4) is 0 Å². The summed E-state index contributed by atoms with van der Waals surface area (Å²) >= 11 is 0. The first-order valence-corrected chi connectivity index (χ1v) is 10.0. The van der Waals surface area contributed by atoms with Crippen molar-refractivity contribution in [2.75, 3.05) is 7.11 Å². The minimum Gasteiger partial charge on any atom is -0.480 e. The van der Waals surface area contributed by atoms with Gasteiger partial charge in [-0.2, -0.15) is 5.10 Å². The van der Waals surface area contributed by atoms with Gasteiger partial charge >= 0.3 is 0 Å². The maximum atomic E-state index is 11.5. The summed E-state index contributed by atoms with van der Waals surface area (Å²) in [7, 11) is -0.268. The molecule has 8 nitrogen and oxygen atoms in total. The predicted octanol–water partition coefficient (Wildman–Crippen LogP) is 2.14. The van der Waals surface area contributed by atoms with Crippen LogP contribution >= 0.6 is 0 Å². The third-order valence-corrected chi connectivity index (χ3v) is 5.46. The molecule has 0 bridgehead atoms. The van der Waals surface area contributed by atoms with E-state index in [1.165, 1.54) is 12.1 Å². The molecule has 0 aliphatic rings. The summed E-state index contributed by atoms with van der Waals surface area (Å²) in [4.78, 5) is 4.50. The highest BCUT2D eigenvalue weighted by atomic mass is 32.2. The predicted molar refractivity (Wildman–Crippen MR) is 105 cm³/mol. The topological polar surface area (TPSA) is 105 Å². The van der Waals surface area contributed by atoms with Gasteiger partial charge in [0.25, 0.3) is 0 Å². The molecule has 0 amide bonds. The number of aromatic nitrogens is 4. The number of rotatable bonds is 5. The highest BCUT2D eigenvalue weighted by Gasteiger charge is 2.18. The number of methoxy groups -OCH3 is 1. The fraction of sp³-hybridized carbons (Fsp3) is 0.158. The summed E-state index contributed by atoms with van der Waals surface area (Å²) in [6, 6.07) is 10.4. The van der Waals surface area contributed by atoms with Gasteiger partial charge in [-0.25, -0.2) is 18.5 Å². The van der Waals surface area contributed by atoms with Gasteiger partial charge in [-0.1, -0.05) is 12.1 Å². The number of primary sulfonamides is 1. The summed E-state index contributed by atoms with van der Waals surface area (Å²) < 4.78 is 32.2. The van der Waals surface area contributed by atoms with Crippen molar-refractivity contribution in [2.24, 2.45) is 12.2 Å². The van der Waals surface area contributed by atoms with E-state index in [1.807, 2.05) is 31.6 Å². The Hall–Kier alpha value is -3.17. The molecule has 4 rings (SSSR count). The van der Waals surface area contributed by atoms with Crippen molar-refractivity contribution in [1.29, 1.82) is 0 Å². The first-order valence-electron chi connectivity index (χ1n) is 8.50. The molecule has 28 heavy (non-hydrogen) atoms. The van der Waals surface area contributed by atoms with E-state index in [9.17, 15) is 8.42 Å². The Morgan fingerprint density at radius 3 is 2.46 bits per heavy atom. The number of hydrogen-bond donors (Lipinski definition) is 1. The molecule has 0 fully saturated rings. The zero-order valence-electron chi connectivity index (χ0n) is 15.4. The van der Waals surface area contributed by atoms with Crippen molar-refractivity contribution in [3.05, 3.63) is 60.6 Å². The zero-order chi connectivity index (χ0) is 19.9. The van der Waals surface area contributed by atoms with Gasteiger partial charge < -0.3 is 9.30 Å². The van der Waals surface area contributed by atoms with Gasteiger partial charge in [0.15, 0.2) is 0 Å². The van der Waals surface area contributed by atoms with Crippen LogP contribution in [-0.2, 0) is 23.6 Å². The third kappa shape index (κ3) is 3.25. The number of hydrogen-bond acceptors (Lipinski definition) is 5. The highest BCUT2D eigenvalue weighted by Crippen LogP contribution is 2.35. The van der Waals surface area contributed by atoms with E-state index in [2.05, 4.69) is 14.6 Å². The van der Waals surface area contributed by atoms with E-state index in [0.29, 0.717) is 12.4 Å². The van der Waals surface area contributed by atoms with E-state index >= 15 is 0 Å². The Balaban J connectivity index is 1.82. The highest BCUT2D eigenvalue weighted by molar-refractivity contribution is 7.89. The first kappa shape index (κ1) is 18.2. The fourth-order valence-electron chi connectivity index (χ4n) is 3.22. The lowest BCUT2D eigenvalue weighted by molar-refractivity contribution is 0.400. The Bertz CT molecular complexity index is 1260. The summed E-state index contributed by atoms with van der Waals surface area (Å²) in [5.74, 6) is 0.496. The molecule has 3 heterocycles. The maximum absolute atomic E-state index is 11.5. The molecule has 9 heteroatoms. The van der Waals surface area contributed by atoms with Crippen LogP contribution in [0.25, 0.3) is 22.2 Å². The second-order valence-electron chi connectivity index (χ2n) is 6.45. The van der Waals surface area contributed by atoms with Crippen LogP contribution in [-0.4, -0.2) is 34.9 Å². The van der Waals surface area contributed by atoms with Gasteiger partial charge in [-0.3, -0.25) is 4.68 Å². The van der Waals surface area contributed by atoms with E-state index in [1.54, 1.807) is 30.1 Å². The number of pyridine rings is 1. The molecule has 0 saturated heterocycles. The third-order valence-electron chi connectivity index (χ3n) is 4.53. The molecule has 144 valence electrons. The minimum atomic E-state index is -3.71. The smallest absolute Gasteiger partial charge is 0.238 e. The number of sulfonamides is 1. The zero-order valence-corrected chi connectivity index (χ0v) is 16.2. The number of nitrogens with zero attached hydrogens (tertiary/aromatic N) is 4. The Morgan fingerprint density at radius 1 is 1.11 bits per heavy atom. The van der Waals surface area contributed by atoms with Crippen molar-refractivity contribution in [3.8, 4) is 17.1 Å². The molecule has 0 saturated carbocycles. The van der Waals surface area contributed by atoms with Gasteiger partial charge in [-0.05, 0) is 29.8 Å².